The monoisotopic (exact) mass is 368 g/mol. The summed E-state index contributed by atoms with van der Waals surface area (Å²) < 4.78 is 41.5. The van der Waals surface area contributed by atoms with E-state index in [0.717, 1.165) is 17.9 Å². The number of nitrogens with one attached hydrogen (secondary N) is 1. The lowest BCUT2D eigenvalue weighted by atomic mass is 10.2. The van der Waals surface area contributed by atoms with Crippen LogP contribution < -0.4 is 10.5 Å². The number of thioether (sulfide) groups is 1. The fourth-order valence-electron chi connectivity index (χ4n) is 1.87. The molecule has 0 aliphatic carbocycles. The van der Waals surface area contributed by atoms with Crippen LogP contribution in [0.25, 0.3) is 0 Å². The lowest BCUT2D eigenvalue weighted by molar-refractivity contribution is 0.539. The molecular formula is C11H14BrFN2O2S2. The third kappa shape index (κ3) is 3.49. The average Bonchev–Trinajstić information content (AvgIpc) is 2.83. The number of hydrogen-bond acceptors (Lipinski definition) is 4. The van der Waals surface area contributed by atoms with Crippen molar-refractivity contribution >= 4 is 37.7 Å². The van der Waals surface area contributed by atoms with E-state index in [9.17, 15) is 12.8 Å². The Morgan fingerprint density at radius 1 is 1.53 bits per heavy atom. The topological polar surface area (TPSA) is 72.2 Å². The van der Waals surface area contributed by atoms with Gasteiger partial charge in [0.15, 0.2) is 0 Å². The minimum absolute atomic E-state index is 0.0485. The van der Waals surface area contributed by atoms with Crippen molar-refractivity contribution in [2.24, 2.45) is 5.73 Å². The highest BCUT2D eigenvalue weighted by Crippen LogP contribution is 2.25. The summed E-state index contributed by atoms with van der Waals surface area (Å²) >= 11 is 4.86. The van der Waals surface area contributed by atoms with Crippen molar-refractivity contribution in [1.29, 1.82) is 0 Å². The minimum atomic E-state index is -3.85. The van der Waals surface area contributed by atoms with Crippen molar-refractivity contribution in [3.8, 4) is 0 Å². The molecule has 1 unspecified atom stereocenters. The third-order valence-electron chi connectivity index (χ3n) is 2.84. The Hall–Kier alpha value is -0.150. The highest BCUT2D eigenvalue weighted by Gasteiger charge is 2.27. The predicted molar refractivity (Wildman–Crippen MR) is 78.0 cm³/mol. The van der Waals surface area contributed by atoms with Crippen LogP contribution in [-0.2, 0) is 16.6 Å². The lowest BCUT2D eigenvalue weighted by Gasteiger charge is -2.14. The molecule has 19 heavy (non-hydrogen) atoms. The van der Waals surface area contributed by atoms with Gasteiger partial charge in [-0.05, 0) is 24.3 Å². The summed E-state index contributed by atoms with van der Waals surface area (Å²) in [5, 5.41) is 0. The molecule has 1 aromatic carbocycles. The molecule has 3 N–H and O–H groups in total. The number of hydrogen-bond donors (Lipinski definition) is 2. The van der Waals surface area contributed by atoms with Gasteiger partial charge in [0.25, 0.3) is 0 Å². The molecule has 106 valence electrons. The van der Waals surface area contributed by atoms with Gasteiger partial charge in [0.05, 0.1) is 0 Å². The molecular weight excluding hydrogens is 355 g/mol. The van der Waals surface area contributed by atoms with Crippen LogP contribution in [-0.4, -0.2) is 26.0 Å². The Morgan fingerprint density at radius 3 is 2.84 bits per heavy atom. The largest absolute Gasteiger partial charge is 0.326 e. The zero-order valence-electron chi connectivity index (χ0n) is 10.0. The molecule has 1 fully saturated rings. The normalized spacial score (nSPS) is 19.8. The first-order valence-corrected chi connectivity index (χ1v) is 9.15. The maximum atomic E-state index is 14.1. The van der Waals surface area contributed by atoms with Crippen molar-refractivity contribution in [3.05, 3.63) is 28.0 Å². The number of sulfonamides is 1. The van der Waals surface area contributed by atoms with Crippen molar-refractivity contribution in [3.63, 3.8) is 0 Å². The maximum Gasteiger partial charge on any atom is 0.243 e. The van der Waals surface area contributed by atoms with Gasteiger partial charge >= 0.3 is 0 Å². The summed E-state index contributed by atoms with van der Waals surface area (Å²) in [6.45, 7) is -0.0485. The second-order valence-electron chi connectivity index (χ2n) is 4.26. The highest BCUT2D eigenvalue weighted by atomic mass is 79.9. The van der Waals surface area contributed by atoms with E-state index in [1.165, 1.54) is 12.1 Å². The molecule has 1 heterocycles. The molecule has 1 saturated heterocycles. The summed E-state index contributed by atoms with van der Waals surface area (Å²) in [7, 11) is -3.85. The second-order valence-corrected chi connectivity index (χ2v) is 8.01. The molecule has 2 rings (SSSR count). The van der Waals surface area contributed by atoms with Crippen LogP contribution in [0, 0.1) is 5.82 Å². The molecule has 1 aliphatic heterocycles. The first-order chi connectivity index (χ1) is 8.94. The lowest BCUT2D eigenvalue weighted by Crippen LogP contribution is -2.35. The van der Waals surface area contributed by atoms with Crippen LogP contribution in [0.4, 0.5) is 4.39 Å². The fourth-order valence-corrected chi connectivity index (χ4v) is 5.20. The molecule has 8 heteroatoms. The van der Waals surface area contributed by atoms with E-state index in [0.29, 0.717) is 4.47 Å². The standard InChI is InChI=1S/C11H14BrFN2O2S2/c12-8-3-7(5-14)11(13)10(4-8)19(16,17)15-9-1-2-18-6-9/h3-4,9,15H,1-2,5-6,14H2. The molecule has 4 nitrogen and oxygen atoms in total. The first kappa shape index (κ1) is 15.2. The molecule has 1 aliphatic rings. The molecule has 1 atom stereocenters. The highest BCUT2D eigenvalue weighted by molar-refractivity contribution is 9.10. The quantitative estimate of drug-likeness (QED) is 0.850. The molecule has 0 saturated carbocycles. The van der Waals surface area contributed by atoms with Crippen LogP contribution in [0.5, 0.6) is 0 Å². The summed E-state index contributed by atoms with van der Waals surface area (Å²) in [5.41, 5.74) is 5.59. The molecule has 0 bridgehead atoms. The minimum Gasteiger partial charge on any atom is -0.326 e. The van der Waals surface area contributed by atoms with Crippen LogP contribution in [0.15, 0.2) is 21.5 Å². The Labute approximate surface area is 124 Å². The van der Waals surface area contributed by atoms with E-state index >= 15 is 0 Å². The number of halogens is 2. The number of rotatable bonds is 4. The van der Waals surface area contributed by atoms with Gasteiger partial charge in [0.1, 0.15) is 10.7 Å². The zero-order chi connectivity index (χ0) is 14.0. The number of benzene rings is 1. The first-order valence-electron chi connectivity index (χ1n) is 5.72. The second kappa shape index (κ2) is 6.09. The van der Waals surface area contributed by atoms with E-state index in [4.69, 9.17) is 5.73 Å². The van der Waals surface area contributed by atoms with Gasteiger partial charge in [-0.1, -0.05) is 15.9 Å². The summed E-state index contributed by atoms with van der Waals surface area (Å²) in [6, 6.07) is 2.62. The van der Waals surface area contributed by atoms with Gasteiger partial charge in [-0.2, -0.15) is 11.8 Å². The van der Waals surface area contributed by atoms with Gasteiger partial charge in [0.2, 0.25) is 10.0 Å². The third-order valence-corrected chi connectivity index (χ3v) is 5.98. The summed E-state index contributed by atoms with van der Waals surface area (Å²) in [6.07, 6.45) is 0.767. The fraction of sp³-hybridized carbons (Fsp3) is 0.455. The van der Waals surface area contributed by atoms with Crippen molar-refractivity contribution < 1.29 is 12.8 Å². The van der Waals surface area contributed by atoms with Gasteiger partial charge in [-0.3, -0.25) is 0 Å². The van der Waals surface area contributed by atoms with Crippen molar-refractivity contribution in [2.75, 3.05) is 11.5 Å². The van der Waals surface area contributed by atoms with E-state index in [1.807, 2.05) is 0 Å². The number of nitrogens with two attached hydrogens (primary N) is 1. The van der Waals surface area contributed by atoms with Crippen molar-refractivity contribution in [1.82, 2.24) is 4.72 Å². The van der Waals surface area contributed by atoms with Gasteiger partial charge in [-0.15, -0.1) is 0 Å². The maximum absolute atomic E-state index is 14.1. The smallest absolute Gasteiger partial charge is 0.243 e. The molecule has 0 spiro atoms. The summed E-state index contributed by atoms with van der Waals surface area (Å²) in [4.78, 5) is -0.348. The average molecular weight is 369 g/mol. The molecule has 0 radical (unpaired) electrons. The van der Waals surface area contributed by atoms with E-state index in [1.54, 1.807) is 11.8 Å². The van der Waals surface area contributed by atoms with E-state index < -0.39 is 15.8 Å². The van der Waals surface area contributed by atoms with Gasteiger partial charge in [0, 0.05) is 28.4 Å². The Bertz CT molecular complexity index is 574. The zero-order valence-corrected chi connectivity index (χ0v) is 13.2. The van der Waals surface area contributed by atoms with Gasteiger partial charge in [-0.25, -0.2) is 17.5 Å². The predicted octanol–water partition coefficient (Wildman–Crippen LogP) is 1.83. The summed E-state index contributed by atoms with van der Waals surface area (Å²) in [5.74, 6) is 0.865. The van der Waals surface area contributed by atoms with Gasteiger partial charge < -0.3 is 5.73 Å². The Balaban J connectivity index is 2.36. The van der Waals surface area contributed by atoms with E-state index in [2.05, 4.69) is 20.7 Å². The van der Waals surface area contributed by atoms with Crippen LogP contribution in [0.1, 0.15) is 12.0 Å². The van der Waals surface area contributed by atoms with Crippen LogP contribution >= 0.6 is 27.7 Å². The SMILES string of the molecule is NCc1cc(Br)cc(S(=O)(=O)NC2CCSC2)c1F. The Morgan fingerprint density at radius 2 is 2.26 bits per heavy atom. The molecule has 0 amide bonds. The molecule has 0 aromatic heterocycles. The Kier molecular flexibility index (Phi) is 4.88. The van der Waals surface area contributed by atoms with Crippen LogP contribution in [0.2, 0.25) is 0 Å². The van der Waals surface area contributed by atoms with Crippen LogP contribution in [0.3, 0.4) is 0 Å². The van der Waals surface area contributed by atoms with Crippen molar-refractivity contribution in [2.45, 2.75) is 23.9 Å². The van der Waals surface area contributed by atoms with E-state index in [-0.39, 0.29) is 23.0 Å². The molecule has 1 aromatic rings.